The first kappa shape index (κ1) is 16.3. The van der Waals surface area contributed by atoms with E-state index in [2.05, 4.69) is 22.2 Å². The minimum absolute atomic E-state index is 0.0345. The molecule has 4 rings (SSSR count). The van der Waals surface area contributed by atoms with Gasteiger partial charge in [0.2, 0.25) is 11.8 Å². The van der Waals surface area contributed by atoms with Crippen molar-refractivity contribution in [3.63, 3.8) is 0 Å². The molecule has 0 radical (unpaired) electrons. The van der Waals surface area contributed by atoms with Crippen molar-refractivity contribution in [3.05, 3.63) is 36.3 Å². The topological polar surface area (TPSA) is 112 Å². The second kappa shape index (κ2) is 6.29. The van der Waals surface area contributed by atoms with E-state index in [1.54, 1.807) is 35.1 Å². The standard InChI is InChI=1S/C18H19N5O3/c1-2-10-8-14(24)22-13(10)9-26-18-15-11(3-4-21-18)7-12(16(19)25)17-20-5-6-23(15)17/h3-7,10,13H,2,8-9H2,1H3,(H2,19,25)(H,22,24)/t10-,13-/m1/s1. The van der Waals surface area contributed by atoms with Crippen LogP contribution >= 0.6 is 0 Å². The number of primary amides is 1. The molecule has 8 heteroatoms. The SMILES string of the molecule is CC[C@@H]1CC(=O)N[C@@H]1COc1nccc2cc(C(N)=O)c3nccn3c12. The summed E-state index contributed by atoms with van der Waals surface area (Å²) < 4.78 is 7.72. The molecule has 0 aliphatic carbocycles. The molecule has 2 amide bonds. The third-order valence-corrected chi connectivity index (χ3v) is 4.90. The van der Waals surface area contributed by atoms with E-state index in [1.807, 2.05) is 0 Å². The molecule has 4 heterocycles. The Labute approximate surface area is 149 Å². The monoisotopic (exact) mass is 353 g/mol. The molecule has 3 aromatic heterocycles. The molecule has 26 heavy (non-hydrogen) atoms. The fourth-order valence-electron chi connectivity index (χ4n) is 3.54. The Hall–Kier alpha value is -3.16. The third-order valence-electron chi connectivity index (χ3n) is 4.90. The number of rotatable bonds is 5. The van der Waals surface area contributed by atoms with Gasteiger partial charge >= 0.3 is 0 Å². The molecular weight excluding hydrogens is 334 g/mol. The first-order chi connectivity index (χ1) is 12.6. The zero-order valence-electron chi connectivity index (χ0n) is 14.3. The Morgan fingerprint density at radius 1 is 1.42 bits per heavy atom. The van der Waals surface area contributed by atoms with Gasteiger partial charge in [-0.25, -0.2) is 9.97 Å². The molecule has 0 bridgehead atoms. The van der Waals surface area contributed by atoms with Gasteiger partial charge in [-0.05, 0) is 18.1 Å². The maximum absolute atomic E-state index is 11.7. The summed E-state index contributed by atoms with van der Waals surface area (Å²) in [5.74, 6) is 0.200. The highest BCUT2D eigenvalue weighted by atomic mass is 16.5. The minimum Gasteiger partial charge on any atom is -0.474 e. The smallest absolute Gasteiger partial charge is 0.252 e. The highest BCUT2D eigenvalue weighted by Gasteiger charge is 2.31. The minimum atomic E-state index is -0.540. The molecule has 0 spiro atoms. The summed E-state index contributed by atoms with van der Waals surface area (Å²) in [5.41, 5.74) is 6.99. The summed E-state index contributed by atoms with van der Waals surface area (Å²) in [6, 6.07) is 3.45. The van der Waals surface area contributed by atoms with Crippen LogP contribution in [-0.4, -0.2) is 38.8 Å². The number of nitrogens with zero attached hydrogens (tertiary/aromatic N) is 3. The molecule has 1 fully saturated rings. The van der Waals surface area contributed by atoms with Gasteiger partial charge < -0.3 is 15.8 Å². The Bertz CT molecular complexity index is 1010. The van der Waals surface area contributed by atoms with Gasteiger partial charge in [-0.1, -0.05) is 13.3 Å². The number of pyridine rings is 2. The van der Waals surface area contributed by atoms with Gasteiger partial charge in [0.05, 0.1) is 11.6 Å². The fraction of sp³-hybridized carbons (Fsp3) is 0.333. The van der Waals surface area contributed by atoms with Crippen LogP contribution in [0.25, 0.3) is 16.6 Å². The summed E-state index contributed by atoms with van der Waals surface area (Å²) in [7, 11) is 0. The Morgan fingerprint density at radius 2 is 2.27 bits per heavy atom. The Morgan fingerprint density at radius 3 is 3.04 bits per heavy atom. The van der Waals surface area contributed by atoms with E-state index in [0.29, 0.717) is 35.6 Å². The highest BCUT2D eigenvalue weighted by Crippen LogP contribution is 2.28. The lowest BCUT2D eigenvalue weighted by atomic mass is 9.98. The summed E-state index contributed by atoms with van der Waals surface area (Å²) in [6.45, 7) is 2.40. The summed E-state index contributed by atoms with van der Waals surface area (Å²) in [5, 5.41) is 3.73. The maximum Gasteiger partial charge on any atom is 0.252 e. The third kappa shape index (κ3) is 2.63. The molecule has 1 aliphatic heterocycles. The molecule has 1 saturated heterocycles. The van der Waals surface area contributed by atoms with E-state index in [9.17, 15) is 9.59 Å². The van der Waals surface area contributed by atoms with Gasteiger partial charge in [-0.15, -0.1) is 0 Å². The van der Waals surface area contributed by atoms with Gasteiger partial charge in [0.15, 0.2) is 0 Å². The van der Waals surface area contributed by atoms with Crippen LogP contribution in [0.1, 0.15) is 30.1 Å². The number of hydrogen-bond donors (Lipinski definition) is 2. The van der Waals surface area contributed by atoms with Crippen molar-refractivity contribution in [2.75, 3.05) is 6.61 Å². The van der Waals surface area contributed by atoms with Gasteiger partial charge in [0, 0.05) is 30.4 Å². The predicted molar refractivity (Wildman–Crippen MR) is 94.8 cm³/mol. The van der Waals surface area contributed by atoms with Crippen molar-refractivity contribution < 1.29 is 14.3 Å². The number of imidazole rings is 1. The average molecular weight is 353 g/mol. The van der Waals surface area contributed by atoms with Crippen molar-refractivity contribution in [2.24, 2.45) is 11.7 Å². The Balaban J connectivity index is 1.73. The maximum atomic E-state index is 11.7. The second-order valence-electron chi connectivity index (χ2n) is 6.45. The van der Waals surface area contributed by atoms with E-state index in [-0.39, 0.29) is 17.9 Å². The van der Waals surface area contributed by atoms with Gasteiger partial charge in [0.1, 0.15) is 17.8 Å². The van der Waals surface area contributed by atoms with Gasteiger partial charge in [-0.2, -0.15) is 0 Å². The van der Waals surface area contributed by atoms with Crippen LogP contribution in [0.15, 0.2) is 30.7 Å². The van der Waals surface area contributed by atoms with Crippen molar-refractivity contribution in [1.29, 1.82) is 0 Å². The molecular formula is C18H19N5O3. The van der Waals surface area contributed by atoms with Crippen LogP contribution in [0.3, 0.4) is 0 Å². The number of ether oxygens (including phenoxy) is 1. The van der Waals surface area contributed by atoms with E-state index < -0.39 is 5.91 Å². The molecule has 0 saturated carbocycles. The lowest BCUT2D eigenvalue weighted by Gasteiger charge is -2.18. The first-order valence-electron chi connectivity index (χ1n) is 8.55. The van der Waals surface area contributed by atoms with Crippen LogP contribution < -0.4 is 15.8 Å². The predicted octanol–water partition coefficient (Wildman–Crippen LogP) is 1.27. The van der Waals surface area contributed by atoms with Crippen LogP contribution in [0, 0.1) is 5.92 Å². The van der Waals surface area contributed by atoms with Crippen molar-refractivity contribution in [3.8, 4) is 5.88 Å². The number of hydrogen-bond acceptors (Lipinski definition) is 5. The number of carbonyl (C=O) groups excluding carboxylic acids is 2. The quantitative estimate of drug-likeness (QED) is 0.717. The van der Waals surface area contributed by atoms with Gasteiger partial charge in [-0.3, -0.25) is 14.0 Å². The first-order valence-corrected chi connectivity index (χ1v) is 8.55. The zero-order valence-corrected chi connectivity index (χ0v) is 14.3. The molecule has 8 nitrogen and oxygen atoms in total. The number of aromatic nitrogens is 3. The van der Waals surface area contributed by atoms with Crippen molar-refractivity contribution >= 4 is 28.4 Å². The Kier molecular flexibility index (Phi) is 3.95. The number of nitrogens with one attached hydrogen (secondary N) is 1. The summed E-state index contributed by atoms with van der Waals surface area (Å²) >= 11 is 0. The van der Waals surface area contributed by atoms with E-state index >= 15 is 0 Å². The molecule has 3 N–H and O–H groups in total. The number of nitrogens with two attached hydrogens (primary N) is 1. The molecule has 2 atom stereocenters. The molecule has 134 valence electrons. The summed E-state index contributed by atoms with van der Waals surface area (Å²) in [6.07, 6.45) is 6.40. The molecule has 3 aromatic rings. The van der Waals surface area contributed by atoms with Crippen LogP contribution in [-0.2, 0) is 4.79 Å². The number of carbonyl (C=O) groups is 2. The highest BCUT2D eigenvalue weighted by molar-refractivity contribution is 6.03. The largest absolute Gasteiger partial charge is 0.474 e. The number of fused-ring (bicyclic) bond motifs is 3. The normalized spacial score (nSPS) is 19.8. The average Bonchev–Trinajstić information content (AvgIpc) is 3.25. The second-order valence-corrected chi connectivity index (χ2v) is 6.45. The molecule has 0 aromatic carbocycles. The van der Waals surface area contributed by atoms with Crippen LogP contribution in [0.2, 0.25) is 0 Å². The van der Waals surface area contributed by atoms with Crippen LogP contribution in [0.4, 0.5) is 0 Å². The van der Waals surface area contributed by atoms with Crippen molar-refractivity contribution in [1.82, 2.24) is 19.7 Å². The summed E-state index contributed by atoms with van der Waals surface area (Å²) in [4.78, 5) is 31.9. The lowest BCUT2D eigenvalue weighted by Crippen LogP contribution is -2.34. The van der Waals surface area contributed by atoms with E-state index in [0.717, 1.165) is 11.8 Å². The molecule has 1 aliphatic rings. The van der Waals surface area contributed by atoms with E-state index in [1.165, 1.54) is 0 Å². The fourth-order valence-corrected chi connectivity index (χ4v) is 3.54. The molecule has 0 unspecified atom stereocenters. The van der Waals surface area contributed by atoms with Crippen molar-refractivity contribution in [2.45, 2.75) is 25.8 Å². The van der Waals surface area contributed by atoms with Gasteiger partial charge in [0.25, 0.3) is 5.91 Å². The zero-order chi connectivity index (χ0) is 18.3. The lowest BCUT2D eigenvalue weighted by molar-refractivity contribution is -0.119. The number of amides is 2. The van der Waals surface area contributed by atoms with Crippen LogP contribution in [0.5, 0.6) is 5.88 Å². The van der Waals surface area contributed by atoms with E-state index in [4.69, 9.17) is 10.5 Å².